The first-order valence-electron chi connectivity index (χ1n) is 7.42. The molecule has 1 aromatic rings. The Labute approximate surface area is 125 Å². The summed E-state index contributed by atoms with van der Waals surface area (Å²) in [4.78, 5) is 0. The van der Waals surface area contributed by atoms with Gasteiger partial charge in [0.2, 0.25) is 0 Å². The number of allylic oxidation sites excluding steroid dienone is 4. The van der Waals surface area contributed by atoms with Crippen LogP contribution < -0.4 is 5.32 Å². The van der Waals surface area contributed by atoms with E-state index in [1.165, 1.54) is 33.5 Å². The van der Waals surface area contributed by atoms with Gasteiger partial charge in [0.1, 0.15) is 6.04 Å². The lowest BCUT2D eigenvalue weighted by molar-refractivity contribution is 0.0936. The van der Waals surface area contributed by atoms with Gasteiger partial charge in [0.05, 0.1) is 6.26 Å². The second-order valence-electron chi connectivity index (χ2n) is 6.01. The highest BCUT2D eigenvalue weighted by Gasteiger charge is 2.50. The molecule has 0 aromatic heterocycles. The average Bonchev–Trinajstić information content (AvgIpc) is 2.92. The van der Waals surface area contributed by atoms with Crippen LogP contribution in [0.2, 0.25) is 0 Å². The topological polar surface area (TPSA) is 21.3 Å². The van der Waals surface area contributed by atoms with Crippen molar-refractivity contribution in [2.24, 2.45) is 0 Å². The molecule has 2 atom stereocenters. The Balaban J connectivity index is 1.99. The molecule has 0 saturated heterocycles. The molecule has 0 saturated carbocycles. The van der Waals surface area contributed by atoms with Crippen molar-refractivity contribution in [2.45, 2.75) is 32.4 Å². The summed E-state index contributed by atoms with van der Waals surface area (Å²) in [6, 6.07) is 8.67. The minimum Gasteiger partial charge on any atom is -0.484 e. The van der Waals surface area contributed by atoms with Crippen molar-refractivity contribution in [3.8, 4) is 0 Å². The van der Waals surface area contributed by atoms with Crippen LogP contribution in [0, 0.1) is 0 Å². The van der Waals surface area contributed by atoms with Crippen LogP contribution in [0.15, 0.2) is 65.5 Å². The highest BCUT2D eigenvalue weighted by molar-refractivity contribution is 5.93. The van der Waals surface area contributed by atoms with E-state index in [9.17, 15) is 0 Å². The van der Waals surface area contributed by atoms with Gasteiger partial charge in [-0.2, -0.15) is 0 Å². The average molecular weight is 277 g/mol. The van der Waals surface area contributed by atoms with Gasteiger partial charge >= 0.3 is 0 Å². The third-order valence-corrected chi connectivity index (χ3v) is 5.15. The molecule has 21 heavy (non-hydrogen) atoms. The molecular weight excluding hydrogens is 258 g/mol. The summed E-state index contributed by atoms with van der Waals surface area (Å²) in [6.45, 7) is 6.61. The van der Waals surface area contributed by atoms with Crippen LogP contribution in [0.3, 0.4) is 0 Å². The molecule has 4 rings (SSSR count). The van der Waals surface area contributed by atoms with Gasteiger partial charge < -0.3 is 10.1 Å². The predicted octanol–water partition coefficient (Wildman–Crippen LogP) is 4.44. The van der Waals surface area contributed by atoms with Crippen LogP contribution in [0.4, 0.5) is 5.69 Å². The summed E-state index contributed by atoms with van der Waals surface area (Å²) in [7, 11) is 0. The second-order valence-corrected chi connectivity index (χ2v) is 6.01. The first-order valence-corrected chi connectivity index (χ1v) is 7.42. The van der Waals surface area contributed by atoms with Gasteiger partial charge in [-0.1, -0.05) is 24.3 Å². The maximum atomic E-state index is 6.16. The van der Waals surface area contributed by atoms with Crippen molar-refractivity contribution < 1.29 is 4.74 Å². The number of hydrogen-bond acceptors (Lipinski definition) is 2. The van der Waals surface area contributed by atoms with Crippen LogP contribution >= 0.6 is 0 Å². The zero-order valence-electron chi connectivity index (χ0n) is 12.6. The molecule has 1 aromatic carbocycles. The van der Waals surface area contributed by atoms with Crippen molar-refractivity contribution in [1.29, 1.82) is 0 Å². The molecule has 1 aliphatic carbocycles. The number of para-hydroxylation sites is 1. The largest absolute Gasteiger partial charge is 0.484 e. The fraction of sp³-hybridized carbons (Fsp3) is 0.263. The molecule has 2 heteroatoms. The van der Waals surface area contributed by atoms with E-state index in [2.05, 4.69) is 62.5 Å². The van der Waals surface area contributed by atoms with Gasteiger partial charge in [-0.15, -0.1) is 0 Å². The minimum absolute atomic E-state index is 0.139. The fourth-order valence-corrected chi connectivity index (χ4v) is 3.77. The third kappa shape index (κ3) is 1.48. The van der Waals surface area contributed by atoms with Gasteiger partial charge in [0.15, 0.2) is 5.60 Å². The number of nitrogens with one attached hydrogen (secondary N) is 1. The molecule has 0 amide bonds. The van der Waals surface area contributed by atoms with Crippen LogP contribution in [0.1, 0.15) is 26.3 Å². The van der Waals surface area contributed by atoms with E-state index in [1.54, 1.807) is 6.26 Å². The van der Waals surface area contributed by atoms with Crippen molar-refractivity contribution in [2.75, 3.05) is 5.32 Å². The minimum atomic E-state index is -0.410. The Bertz CT molecular complexity index is 751. The number of hydrogen-bond donors (Lipinski definition) is 1. The van der Waals surface area contributed by atoms with Gasteiger partial charge in [-0.3, -0.25) is 0 Å². The van der Waals surface area contributed by atoms with Crippen LogP contribution in [-0.2, 0) is 4.74 Å². The molecule has 2 heterocycles. The van der Waals surface area contributed by atoms with E-state index < -0.39 is 5.60 Å². The summed E-state index contributed by atoms with van der Waals surface area (Å²) in [5.74, 6) is 0. The molecule has 1 spiro atoms. The van der Waals surface area contributed by atoms with Crippen molar-refractivity contribution in [1.82, 2.24) is 0 Å². The first-order chi connectivity index (χ1) is 10.1. The summed E-state index contributed by atoms with van der Waals surface area (Å²) in [5, 5.41) is 3.68. The Morgan fingerprint density at radius 3 is 2.62 bits per heavy atom. The maximum Gasteiger partial charge on any atom is 0.172 e. The molecule has 106 valence electrons. The van der Waals surface area contributed by atoms with E-state index in [1.807, 2.05) is 6.08 Å². The highest BCUT2D eigenvalue weighted by atomic mass is 16.5. The molecule has 2 aliphatic heterocycles. The number of benzene rings is 1. The smallest absolute Gasteiger partial charge is 0.172 e. The number of rotatable bonds is 0. The lowest BCUT2D eigenvalue weighted by atomic mass is 9.72. The summed E-state index contributed by atoms with van der Waals surface area (Å²) in [6.07, 6.45) is 8.02. The molecule has 2 unspecified atom stereocenters. The van der Waals surface area contributed by atoms with E-state index >= 15 is 0 Å². The van der Waals surface area contributed by atoms with Crippen molar-refractivity contribution in [3.63, 3.8) is 0 Å². The number of ether oxygens (including phenoxy) is 1. The number of fused-ring (bicyclic) bond motifs is 4. The Hall–Kier alpha value is -2.22. The van der Waals surface area contributed by atoms with Gasteiger partial charge in [0, 0.05) is 11.3 Å². The zero-order valence-corrected chi connectivity index (χ0v) is 12.6. The van der Waals surface area contributed by atoms with E-state index in [4.69, 9.17) is 4.74 Å². The predicted molar refractivity (Wildman–Crippen MR) is 86.9 cm³/mol. The lowest BCUT2D eigenvalue weighted by Crippen LogP contribution is -2.49. The van der Waals surface area contributed by atoms with E-state index in [0.717, 1.165) is 0 Å². The normalized spacial score (nSPS) is 29.4. The first kappa shape index (κ1) is 12.5. The van der Waals surface area contributed by atoms with Crippen molar-refractivity contribution >= 4 is 11.3 Å². The molecule has 0 fully saturated rings. The van der Waals surface area contributed by atoms with Crippen LogP contribution in [0.5, 0.6) is 0 Å². The summed E-state index contributed by atoms with van der Waals surface area (Å²) >= 11 is 0. The Morgan fingerprint density at radius 2 is 1.86 bits per heavy atom. The van der Waals surface area contributed by atoms with Gasteiger partial charge in [-0.25, -0.2) is 0 Å². The zero-order chi connectivity index (χ0) is 14.6. The Morgan fingerprint density at radius 1 is 1.05 bits per heavy atom. The SMILES string of the molecule is CC1=C2c3ccccc3NC2C2(C=CC=CO2)C(C)=C1C. The Kier molecular flexibility index (Phi) is 2.47. The third-order valence-electron chi connectivity index (χ3n) is 5.15. The van der Waals surface area contributed by atoms with Crippen molar-refractivity contribution in [3.05, 3.63) is 71.0 Å². The summed E-state index contributed by atoms with van der Waals surface area (Å²) in [5.41, 5.74) is 7.45. The quantitative estimate of drug-likeness (QED) is 0.756. The van der Waals surface area contributed by atoms with Gasteiger partial charge in [-0.05, 0) is 61.3 Å². The van der Waals surface area contributed by atoms with Gasteiger partial charge in [0.25, 0.3) is 0 Å². The standard InChI is InChI=1S/C19H19NO/c1-12-13(2)17-15-8-4-5-9-16(15)20-18(17)19(14(12)3)10-6-7-11-21-19/h4-11,18,20H,1-3H3. The molecule has 0 radical (unpaired) electrons. The molecular formula is C19H19NO. The molecule has 3 aliphatic rings. The second kappa shape index (κ2) is 4.14. The van der Waals surface area contributed by atoms with Crippen LogP contribution in [-0.4, -0.2) is 11.6 Å². The summed E-state index contributed by atoms with van der Waals surface area (Å²) < 4.78 is 6.16. The molecule has 2 nitrogen and oxygen atoms in total. The monoisotopic (exact) mass is 277 g/mol. The number of anilines is 1. The molecule has 1 N–H and O–H groups in total. The van der Waals surface area contributed by atoms with Crippen LogP contribution in [0.25, 0.3) is 5.57 Å². The fourth-order valence-electron chi connectivity index (χ4n) is 3.77. The van der Waals surface area contributed by atoms with E-state index in [-0.39, 0.29) is 6.04 Å². The highest BCUT2D eigenvalue weighted by Crippen LogP contribution is 2.51. The maximum absolute atomic E-state index is 6.16. The molecule has 0 bridgehead atoms. The lowest BCUT2D eigenvalue weighted by Gasteiger charge is -2.43. The van der Waals surface area contributed by atoms with E-state index in [0.29, 0.717) is 0 Å².